The Morgan fingerprint density at radius 1 is 1.21 bits per heavy atom. The van der Waals surface area contributed by atoms with Gasteiger partial charge in [0.2, 0.25) is 0 Å². The van der Waals surface area contributed by atoms with Gasteiger partial charge in [0.15, 0.2) is 0 Å². The minimum Gasteiger partial charge on any atom is -0.508 e. The molecule has 0 amide bonds. The smallest absolute Gasteiger partial charge is 0.508 e. The molecule has 0 radical (unpaired) electrons. The molecule has 1 aromatic heterocycles. The van der Waals surface area contributed by atoms with E-state index in [1.54, 1.807) is 0 Å². The zero-order chi connectivity index (χ0) is 21.2. The van der Waals surface area contributed by atoms with E-state index in [1.165, 1.54) is 24.4 Å². The van der Waals surface area contributed by atoms with Crippen LogP contribution in [-0.4, -0.2) is 41.3 Å². The Balaban J connectivity index is 2.15. The van der Waals surface area contributed by atoms with Gasteiger partial charge in [-0.25, -0.2) is 0 Å². The number of fused-ring (bicyclic) bond motifs is 1. The molecule has 0 aliphatic rings. The summed E-state index contributed by atoms with van der Waals surface area (Å²) in [5, 5.41) is 17.9. The Morgan fingerprint density at radius 2 is 1.97 bits per heavy atom. The van der Waals surface area contributed by atoms with Gasteiger partial charge in [-0.1, -0.05) is 12.1 Å². The summed E-state index contributed by atoms with van der Waals surface area (Å²) >= 11 is 0. The molecule has 1 heterocycles. The Bertz CT molecular complexity index is 1050. The van der Waals surface area contributed by atoms with Crippen molar-refractivity contribution in [2.75, 3.05) is 5.73 Å². The average Bonchev–Trinajstić information content (AvgIpc) is 2.68. The Morgan fingerprint density at radius 3 is 2.66 bits per heavy atom. The third-order valence-corrected chi connectivity index (χ3v) is 3.96. The molecule has 3 aromatic rings. The van der Waals surface area contributed by atoms with Gasteiger partial charge in [-0.2, -0.15) is 27.8 Å². The average molecular weight is 409 g/mol. The van der Waals surface area contributed by atoms with Crippen LogP contribution in [-0.2, 0) is 9.45 Å². The predicted octanol–water partition coefficient (Wildman–Crippen LogP) is 1.98. The van der Waals surface area contributed by atoms with Crippen LogP contribution in [0.2, 0.25) is 0 Å². The summed E-state index contributed by atoms with van der Waals surface area (Å²) < 4.78 is 60.8. The molecule has 150 valence electrons. The van der Waals surface area contributed by atoms with Crippen molar-refractivity contribution < 1.29 is 36.8 Å². The number of nitrogens with zero attached hydrogens (tertiary/aromatic N) is 2. The first-order valence-corrected chi connectivity index (χ1v) is 8.00. The Kier molecular flexibility index (Phi) is 5.55. The second-order valence-electron chi connectivity index (χ2n) is 5.84. The first-order chi connectivity index (χ1) is 13.7. The fourth-order valence-corrected chi connectivity index (χ4v) is 2.59. The van der Waals surface area contributed by atoms with Gasteiger partial charge in [0.05, 0.1) is 17.4 Å². The minimum absolute atomic E-state index is 0.00132. The van der Waals surface area contributed by atoms with E-state index in [4.69, 9.17) is 5.73 Å². The molecular weight excluding hydrogens is 397 g/mol. The standard InChI is InChI=1S/C17H12BF4N3O4/c19-16(20)17(21,22)29-15-4-2-10(18(27)28-8-26)6-12(15)9-1-3-11-13(23)7-24-25-14(11)5-9/h1-8,16,27H,(H2,23,25). The number of carbonyl (C=O) groups excluding carboxylic acids is 1. The molecule has 0 fully saturated rings. The third-order valence-electron chi connectivity index (χ3n) is 3.96. The Labute approximate surface area is 161 Å². The molecule has 0 saturated carbocycles. The molecule has 3 N–H and O–H groups in total. The van der Waals surface area contributed by atoms with Crippen molar-refractivity contribution in [3.05, 3.63) is 42.6 Å². The second-order valence-corrected chi connectivity index (χ2v) is 5.84. The zero-order valence-corrected chi connectivity index (χ0v) is 14.4. The number of nitrogens with two attached hydrogens (primary N) is 1. The van der Waals surface area contributed by atoms with Crippen LogP contribution in [0, 0.1) is 0 Å². The molecule has 0 atom stereocenters. The van der Waals surface area contributed by atoms with Gasteiger partial charge in [0, 0.05) is 10.9 Å². The van der Waals surface area contributed by atoms with E-state index in [1.807, 2.05) is 0 Å². The molecule has 7 nitrogen and oxygen atoms in total. The topological polar surface area (TPSA) is 108 Å². The van der Waals surface area contributed by atoms with Crippen LogP contribution in [0.1, 0.15) is 0 Å². The largest absolute Gasteiger partial charge is 0.561 e. The van der Waals surface area contributed by atoms with E-state index >= 15 is 0 Å². The van der Waals surface area contributed by atoms with Gasteiger partial charge in [-0.3, -0.25) is 4.79 Å². The molecule has 0 saturated heterocycles. The highest BCUT2D eigenvalue weighted by molar-refractivity contribution is 6.61. The van der Waals surface area contributed by atoms with Crippen LogP contribution in [0.25, 0.3) is 22.0 Å². The maximum Gasteiger partial charge on any atom is 0.561 e. The van der Waals surface area contributed by atoms with E-state index in [-0.39, 0.29) is 23.1 Å². The highest BCUT2D eigenvalue weighted by atomic mass is 19.3. The number of rotatable bonds is 7. The number of hydrogen-bond donors (Lipinski definition) is 2. The molecule has 2 aromatic carbocycles. The van der Waals surface area contributed by atoms with E-state index in [9.17, 15) is 27.4 Å². The molecule has 29 heavy (non-hydrogen) atoms. The van der Waals surface area contributed by atoms with E-state index in [0.717, 1.165) is 18.2 Å². The lowest BCUT2D eigenvalue weighted by Crippen LogP contribution is -2.35. The number of benzene rings is 2. The monoisotopic (exact) mass is 409 g/mol. The number of halogens is 4. The summed E-state index contributed by atoms with van der Waals surface area (Å²) in [7, 11) is -1.70. The van der Waals surface area contributed by atoms with Gasteiger partial charge < -0.3 is 20.1 Å². The zero-order valence-electron chi connectivity index (χ0n) is 14.4. The van der Waals surface area contributed by atoms with Gasteiger partial charge in [-0.15, -0.1) is 0 Å². The van der Waals surface area contributed by atoms with Crippen molar-refractivity contribution in [3.8, 4) is 16.9 Å². The summed E-state index contributed by atoms with van der Waals surface area (Å²) in [6.45, 7) is -0.00586. The summed E-state index contributed by atoms with van der Waals surface area (Å²) in [6.07, 6.45) is -7.50. The fraction of sp³-hybridized carbons (Fsp3) is 0.118. The lowest BCUT2D eigenvalue weighted by Gasteiger charge is -2.20. The fourth-order valence-electron chi connectivity index (χ4n) is 2.59. The number of nitrogen functional groups attached to an aromatic ring is 1. The molecule has 12 heteroatoms. The van der Waals surface area contributed by atoms with Crippen LogP contribution >= 0.6 is 0 Å². The number of hydrogen-bond acceptors (Lipinski definition) is 7. The van der Waals surface area contributed by atoms with E-state index < -0.39 is 25.4 Å². The van der Waals surface area contributed by atoms with Crippen molar-refractivity contribution in [3.63, 3.8) is 0 Å². The quantitative estimate of drug-likeness (QED) is 0.349. The van der Waals surface area contributed by atoms with Crippen molar-refractivity contribution in [1.29, 1.82) is 0 Å². The van der Waals surface area contributed by atoms with E-state index in [2.05, 4.69) is 19.6 Å². The molecule has 0 aliphatic carbocycles. The predicted molar refractivity (Wildman–Crippen MR) is 95.7 cm³/mol. The van der Waals surface area contributed by atoms with E-state index in [0.29, 0.717) is 16.6 Å². The molecular formula is C17H12BF4N3O4. The number of aromatic nitrogens is 2. The SMILES string of the molecule is Nc1cnnc2cc(-c3cc(B(O)OC=O)ccc3OC(F)(F)C(F)F)ccc12. The molecule has 0 aliphatic heterocycles. The summed E-state index contributed by atoms with van der Waals surface area (Å²) in [5.41, 5.74) is 6.58. The van der Waals surface area contributed by atoms with Crippen molar-refractivity contribution in [2.45, 2.75) is 12.5 Å². The molecule has 0 unspecified atom stereocenters. The number of ether oxygens (including phenoxy) is 1. The number of alkyl halides is 4. The summed E-state index contributed by atoms with van der Waals surface area (Å²) in [6, 6.07) is 7.64. The second kappa shape index (κ2) is 7.91. The Hall–Kier alpha value is -3.41. The molecule has 0 spiro atoms. The van der Waals surface area contributed by atoms with Gasteiger partial charge >= 0.3 is 19.7 Å². The van der Waals surface area contributed by atoms with Crippen LogP contribution < -0.4 is 15.9 Å². The van der Waals surface area contributed by atoms with Crippen molar-refractivity contribution in [1.82, 2.24) is 10.2 Å². The highest BCUT2D eigenvalue weighted by Gasteiger charge is 2.44. The number of carbonyl (C=O) groups is 1. The highest BCUT2D eigenvalue weighted by Crippen LogP contribution is 2.36. The normalized spacial score (nSPS) is 11.5. The minimum atomic E-state index is -4.75. The molecule has 3 rings (SSSR count). The maximum absolute atomic E-state index is 13.5. The van der Waals surface area contributed by atoms with Crippen LogP contribution in [0.15, 0.2) is 42.6 Å². The summed E-state index contributed by atoms with van der Waals surface area (Å²) in [5.74, 6) is -0.589. The lowest BCUT2D eigenvalue weighted by molar-refractivity contribution is -0.253. The third kappa shape index (κ3) is 4.21. The lowest BCUT2D eigenvalue weighted by atomic mass is 9.78. The first kappa shape index (κ1) is 20.3. The van der Waals surface area contributed by atoms with Crippen LogP contribution in [0.4, 0.5) is 23.2 Å². The maximum atomic E-state index is 13.5. The first-order valence-electron chi connectivity index (χ1n) is 8.00. The van der Waals surface area contributed by atoms with Crippen molar-refractivity contribution in [2.24, 2.45) is 0 Å². The van der Waals surface area contributed by atoms with Crippen molar-refractivity contribution >= 4 is 35.6 Å². The van der Waals surface area contributed by atoms with Gasteiger partial charge in [0.1, 0.15) is 5.75 Å². The van der Waals surface area contributed by atoms with Crippen LogP contribution in [0.3, 0.4) is 0 Å². The van der Waals surface area contributed by atoms with Gasteiger partial charge in [-0.05, 0) is 35.3 Å². The van der Waals surface area contributed by atoms with Crippen LogP contribution in [0.5, 0.6) is 5.75 Å². The number of anilines is 1. The summed E-state index contributed by atoms with van der Waals surface area (Å²) in [4.78, 5) is 10.4. The van der Waals surface area contributed by atoms with Gasteiger partial charge in [0.25, 0.3) is 6.47 Å². The molecule has 0 bridgehead atoms.